The predicted molar refractivity (Wildman–Crippen MR) is 84.9 cm³/mol. The van der Waals surface area contributed by atoms with Gasteiger partial charge in [-0.1, -0.05) is 0 Å². The van der Waals surface area contributed by atoms with E-state index in [0.717, 1.165) is 12.0 Å². The molecule has 1 rings (SSSR count). The lowest BCUT2D eigenvalue weighted by Crippen LogP contribution is -2.11. The van der Waals surface area contributed by atoms with Crippen molar-refractivity contribution in [2.24, 2.45) is 5.73 Å². The maximum absolute atomic E-state index is 6.19. The molecule has 0 amide bonds. The van der Waals surface area contributed by atoms with E-state index < -0.39 is 0 Å². The summed E-state index contributed by atoms with van der Waals surface area (Å²) in [6, 6.07) is 3.69. The van der Waals surface area contributed by atoms with Crippen LogP contribution < -0.4 is 19.9 Å². The van der Waals surface area contributed by atoms with Crippen LogP contribution in [0.2, 0.25) is 0 Å². The van der Waals surface area contributed by atoms with Gasteiger partial charge in [-0.05, 0) is 44.9 Å². The van der Waals surface area contributed by atoms with Crippen LogP contribution in [0.1, 0.15) is 45.2 Å². The summed E-state index contributed by atoms with van der Waals surface area (Å²) in [7, 11) is 0. The highest BCUT2D eigenvalue weighted by Gasteiger charge is 2.17. The number of nitrogens with two attached hydrogens (primary N) is 1. The van der Waals surface area contributed by atoms with E-state index >= 15 is 0 Å². The Kier molecular flexibility index (Phi) is 7.49. The summed E-state index contributed by atoms with van der Waals surface area (Å²) in [4.78, 5) is 0. The van der Waals surface area contributed by atoms with Crippen LogP contribution in [-0.2, 0) is 0 Å². The molecule has 0 saturated carbocycles. The van der Waals surface area contributed by atoms with Crippen LogP contribution in [0.4, 0.5) is 0 Å². The molecule has 21 heavy (non-hydrogen) atoms. The molecule has 1 aromatic rings. The highest BCUT2D eigenvalue weighted by molar-refractivity contribution is 5.54. The van der Waals surface area contributed by atoms with Gasteiger partial charge in [0, 0.05) is 12.5 Å². The minimum atomic E-state index is -0.143. The van der Waals surface area contributed by atoms with Gasteiger partial charge in [0.2, 0.25) is 5.75 Å². The molecule has 1 unspecified atom stereocenters. The lowest BCUT2D eigenvalue weighted by atomic mass is 10.0. The second-order valence-electron chi connectivity index (χ2n) is 4.49. The fourth-order valence-electron chi connectivity index (χ4n) is 2.03. The van der Waals surface area contributed by atoms with E-state index in [1.54, 1.807) is 0 Å². The monoisotopic (exact) mass is 291 g/mol. The highest BCUT2D eigenvalue weighted by Crippen LogP contribution is 2.40. The number of terminal acetylenes is 1. The van der Waals surface area contributed by atoms with Gasteiger partial charge in [0.05, 0.1) is 19.8 Å². The van der Waals surface area contributed by atoms with Crippen LogP contribution in [-0.4, -0.2) is 19.8 Å². The maximum Gasteiger partial charge on any atom is 0.203 e. The molecule has 0 heterocycles. The molecule has 116 valence electrons. The smallest absolute Gasteiger partial charge is 0.203 e. The topological polar surface area (TPSA) is 53.7 Å². The lowest BCUT2D eigenvalue weighted by molar-refractivity contribution is 0.260. The summed E-state index contributed by atoms with van der Waals surface area (Å²) < 4.78 is 17.0. The van der Waals surface area contributed by atoms with Gasteiger partial charge in [-0.2, -0.15) is 0 Å². The van der Waals surface area contributed by atoms with Gasteiger partial charge in [0.15, 0.2) is 11.5 Å². The fourth-order valence-corrected chi connectivity index (χ4v) is 2.03. The average Bonchev–Trinajstić information content (AvgIpc) is 2.48. The molecule has 0 aliphatic rings. The average molecular weight is 291 g/mol. The van der Waals surface area contributed by atoms with Crippen molar-refractivity contribution in [3.63, 3.8) is 0 Å². The van der Waals surface area contributed by atoms with Gasteiger partial charge in [-0.15, -0.1) is 12.3 Å². The van der Waals surface area contributed by atoms with Gasteiger partial charge >= 0.3 is 0 Å². The first kappa shape index (κ1) is 17.2. The zero-order valence-corrected chi connectivity index (χ0v) is 13.1. The molecule has 4 heteroatoms. The first-order chi connectivity index (χ1) is 10.2. The third kappa shape index (κ3) is 4.87. The normalized spacial score (nSPS) is 11.6. The zero-order valence-electron chi connectivity index (χ0n) is 13.1. The van der Waals surface area contributed by atoms with Crippen molar-refractivity contribution in [1.82, 2.24) is 0 Å². The first-order valence-corrected chi connectivity index (χ1v) is 7.43. The van der Waals surface area contributed by atoms with E-state index in [4.69, 9.17) is 26.4 Å². The van der Waals surface area contributed by atoms with E-state index in [-0.39, 0.29) is 6.04 Å². The molecular formula is C17H25NO3. The van der Waals surface area contributed by atoms with Crippen molar-refractivity contribution in [1.29, 1.82) is 0 Å². The SMILES string of the molecule is C#CCCC(N)c1cc(OCC)c(OCC)c(OCC)c1. The molecule has 1 aromatic carbocycles. The second-order valence-corrected chi connectivity index (χ2v) is 4.49. The Balaban J connectivity index is 3.18. The molecule has 0 fully saturated rings. The third-order valence-corrected chi connectivity index (χ3v) is 2.96. The minimum absolute atomic E-state index is 0.143. The van der Waals surface area contributed by atoms with Gasteiger partial charge in [-0.3, -0.25) is 0 Å². The van der Waals surface area contributed by atoms with E-state index in [1.165, 1.54) is 0 Å². The quantitative estimate of drug-likeness (QED) is 0.709. The van der Waals surface area contributed by atoms with E-state index in [9.17, 15) is 0 Å². The molecule has 0 aromatic heterocycles. The third-order valence-electron chi connectivity index (χ3n) is 2.96. The number of hydrogen-bond donors (Lipinski definition) is 1. The summed E-state index contributed by atoms with van der Waals surface area (Å²) in [5, 5.41) is 0. The van der Waals surface area contributed by atoms with Crippen molar-refractivity contribution in [2.45, 2.75) is 39.7 Å². The Bertz CT molecular complexity index is 452. The Morgan fingerprint density at radius 1 is 1.05 bits per heavy atom. The van der Waals surface area contributed by atoms with Crippen molar-refractivity contribution >= 4 is 0 Å². The van der Waals surface area contributed by atoms with E-state index in [2.05, 4.69) is 5.92 Å². The van der Waals surface area contributed by atoms with Crippen LogP contribution in [0.15, 0.2) is 12.1 Å². The fraction of sp³-hybridized carbons (Fsp3) is 0.529. The van der Waals surface area contributed by atoms with Crippen molar-refractivity contribution < 1.29 is 14.2 Å². The molecule has 0 spiro atoms. The van der Waals surface area contributed by atoms with Crippen molar-refractivity contribution in [3.8, 4) is 29.6 Å². The molecule has 0 radical (unpaired) electrons. The van der Waals surface area contributed by atoms with Crippen LogP contribution >= 0.6 is 0 Å². The van der Waals surface area contributed by atoms with Crippen molar-refractivity contribution in [2.75, 3.05) is 19.8 Å². The Morgan fingerprint density at radius 3 is 2.00 bits per heavy atom. The van der Waals surface area contributed by atoms with Gasteiger partial charge in [0.1, 0.15) is 0 Å². The minimum Gasteiger partial charge on any atom is -0.490 e. The highest BCUT2D eigenvalue weighted by atomic mass is 16.5. The zero-order chi connectivity index (χ0) is 15.7. The number of benzene rings is 1. The molecular weight excluding hydrogens is 266 g/mol. The summed E-state index contributed by atoms with van der Waals surface area (Å²) in [6.45, 7) is 7.44. The number of ether oxygens (including phenoxy) is 3. The van der Waals surface area contributed by atoms with Gasteiger partial charge in [-0.25, -0.2) is 0 Å². The van der Waals surface area contributed by atoms with E-state index in [1.807, 2.05) is 32.9 Å². The Morgan fingerprint density at radius 2 is 1.57 bits per heavy atom. The Hall–Kier alpha value is -1.86. The Labute approximate surface area is 127 Å². The van der Waals surface area contributed by atoms with Gasteiger partial charge < -0.3 is 19.9 Å². The predicted octanol–water partition coefficient (Wildman–Crippen LogP) is 3.30. The molecule has 0 bridgehead atoms. The van der Waals surface area contributed by atoms with Gasteiger partial charge in [0.25, 0.3) is 0 Å². The maximum atomic E-state index is 6.19. The van der Waals surface area contributed by atoms with Crippen LogP contribution in [0, 0.1) is 12.3 Å². The standard InChI is InChI=1S/C17H25NO3/c1-5-9-10-14(18)13-11-15(19-6-2)17(21-8-4)16(12-13)20-7-3/h1,11-12,14H,6-10,18H2,2-4H3. The summed E-state index contributed by atoms with van der Waals surface area (Å²) in [5.74, 6) is 4.57. The summed E-state index contributed by atoms with van der Waals surface area (Å²) in [5.41, 5.74) is 7.13. The number of rotatable bonds is 9. The van der Waals surface area contributed by atoms with Crippen LogP contribution in [0.5, 0.6) is 17.2 Å². The molecule has 0 aliphatic heterocycles. The van der Waals surface area contributed by atoms with Crippen LogP contribution in [0.3, 0.4) is 0 Å². The van der Waals surface area contributed by atoms with E-state index in [0.29, 0.717) is 43.5 Å². The second kappa shape index (κ2) is 9.15. The number of hydrogen-bond acceptors (Lipinski definition) is 4. The molecule has 4 nitrogen and oxygen atoms in total. The summed E-state index contributed by atoms with van der Waals surface area (Å²) in [6.07, 6.45) is 6.66. The van der Waals surface area contributed by atoms with Crippen LogP contribution in [0.25, 0.3) is 0 Å². The molecule has 2 N–H and O–H groups in total. The molecule has 0 aliphatic carbocycles. The molecule has 0 saturated heterocycles. The first-order valence-electron chi connectivity index (χ1n) is 7.43. The van der Waals surface area contributed by atoms with Crippen molar-refractivity contribution in [3.05, 3.63) is 17.7 Å². The largest absolute Gasteiger partial charge is 0.490 e. The summed E-state index contributed by atoms with van der Waals surface area (Å²) >= 11 is 0. The molecule has 1 atom stereocenters. The lowest BCUT2D eigenvalue weighted by Gasteiger charge is -2.19.